The number of unbranched alkanes of at least 4 members (excludes halogenated alkanes) is 2. The highest BCUT2D eigenvalue weighted by atomic mass is 16.5. The van der Waals surface area contributed by atoms with Crippen LogP contribution in [0.4, 0.5) is 0 Å². The average molecular weight is 618 g/mol. The van der Waals surface area contributed by atoms with Crippen LogP contribution >= 0.6 is 0 Å². The Morgan fingerprint density at radius 1 is 0.756 bits per heavy atom. The van der Waals surface area contributed by atoms with Gasteiger partial charge in [-0.2, -0.15) is 0 Å². The summed E-state index contributed by atoms with van der Waals surface area (Å²) in [6.45, 7) is 20.2. The Kier molecular flexibility index (Phi) is 12.1. The van der Waals surface area contributed by atoms with Crippen LogP contribution in [0.3, 0.4) is 0 Å². The molecule has 0 spiro atoms. The molecule has 1 atom stereocenters. The Hall–Kier alpha value is -3.51. The van der Waals surface area contributed by atoms with Gasteiger partial charge >= 0.3 is 0 Å². The Bertz CT molecular complexity index is 1360. The van der Waals surface area contributed by atoms with Gasteiger partial charge in [0, 0.05) is 22.9 Å². The molecule has 45 heavy (non-hydrogen) atoms. The maximum atomic E-state index is 13.4. The standard InChI is InChI=1S/C39H55NO5/c1-11-13-22-44-33-20-18-29(37(4,5)6)24-31(33)39(42,27(3)40-26-28-16-15-17-35(43-10)36(28)41)32-25-30(38(7,8)9)19-21-34(32)45-23-14-12-2/h15-21,24-27,41-42H,11-14,22-23H2,1-10H3/t27-/m1/s1. The van der Waals surface area contributed by atoms with Crippen LogP contribution in [-0.4, -0.2) is 42.8 Å². The molecule has 0 amide bonds. The van der Waals surface area contributed by atoms with Crippen molar-refractivity contribution in [2.75, 3.05) is 20.3 Å². The number of benzene rings is 3. The van der Waals surface area contributed by atoms with Crippen LogP contribution < -0.4 is 14.2 Å². The number of methoxy groups -OCH3 is 1. The fourth-order valence-corrected chi connectivity index (χ4v) is 5.20. The number of aliphatic imine (C=N–C) groups is 1. The van der Waals surface area contributed by atoms with Crippen molar-refractivity contribution in [1.82, 2.24) is 0 Å². The molecule has 6 heteroatoms. The third-order valence-electron chi connectivity index (χ3n) is 8.32. The number of phenols is 1. The third-order valence-corrected chi connectivity index (χ3v) is 8.32. The van der Waals surface area contributed by atoms with E-state index < -0.39 is 11.6 Å². The van der Waals surface area contributed by atoms with Gasteiger partial charge in [-0.05, 0) is 78.1 Å². The van der Waals surface area contributed by atoms with Gasteiger partial charge in [0.1, 0.15) is 17.1 Å². The van der Waals surface area contributed by atoms with Gasteiger partial charge in [0.25, 0.3) is 0 Å². The van der Waals surface area contributed by atoms with Gasteiger partial charge in [-0.3, -0.25) is 4.99 Å². The second-order valence-electron chi connectivity index (χ2n) is 13.9. The van der Waals surface area contributed by atoms with E-state index in [1.807, 2.05) is 19.1 Å². The van der Waals surface area contributed by atoms with E-state index in [0.29, 0.717) is 47.2 Å². The quantitative estimate of drug-likeness (QED) is 0.139. The zero-order chi connectivity index (χ0) is 33.4. The number of aromatic hydroxyl groups is 1. The van der Waals surface area contributed by atoms with Gasteiger partial charge in [0.15, 0.2) is 11.5 Å². The molecule has 246 valence electrons. The van der Waals surface area contributed by atoms with Crippen molar-refractivity contribution in [3.63, 3.8) is 0 Å². The molecule has 0 heterocycles. The number of para-hydroxylation sites is 1. The molecule has 0 saturated heterocycles. The SMILES string of the molecule is CCCCOc1ccc(C(C)(C)C)cc1C(O)(c1cc(C(C)(C)C)ccc1OCCCC)[C@@H](C)N=Cc1cccc(OC)c1O. The van der Waals surface area contributed by atoms with Crippen LogP contribution in [0.2, 0.25) is 0 Å². The first-order valence-corrected chi connectivity index (χ1v) is 16.4. The first-order valence-electron chi connectivity index (χ1n) is 16.4. The molecule has 0 aliphatic rings. The highest BCUT2D eigenvalue weighted by Crippen LogP contribution is 2.46. The van der Waals surface area contributed by atoms with Crippen molar-refractivity contribution >= 4 is 6.21 Å². The van der Waals surface area contributed by atoms with Crippen molar-refractivity contribution in [3.05, 3.63) is 82.4 Å². The van der Waals surface area contributed by atoms with Gasteiger partial charge in [-0.1, -0.05) is 86.4 Å². The maximum absolute atomic E-state index is 13.4. The molecular weight excluding hydrogens is 562 g/mol. The monoisotopic (exact) mass is 617 g/mol. The molecule has 0 bridgehead atoms. The highest BCUT2D eigenvalue weighted by molar-refractivity contribution is 5.85. The largest absolute Gasteiger partial charge is 0.504 e. The predicted molar refractivity (Wildman–Crippen MR) is 186 cm³/mol. The normalized spacial score (nSPS) is 13.2. The Morgan fingerprint density at radius 2 is 1.24 bits per heavy atom. The van der Waals surface area contributed by atoms with Gasteiger partial charge in [0.05, 0.1) is 26.4 Å². The molecule has 0 aromatic heterocycles. The average Bonchev–Trinajstić information content (AvgIpc) is 2.99. The molecule has 0 fully saturated rings. The van der Waals surface area contributed by atoms with E-state index in [-0.39, 0.29) is 16.6 Å². The number of hydrogen-bond acceptors (Lipinski definition) is 6. The summed E-state index contributed by atoms with van der Waals surface area (Å²) in [5, 5.41) is 24.2. The highest BCUT2D eigenvalue weighted by Gasteiger charge is 2.43. The Balaban J connectivity index is 2.38. The molecule has 3 aromatic rings. The molecule has 6 nitrogen and oxygen atoms in total. The summed E-state index contributed by atoms with van der Waals surface area (Å²) in [5.74, 6) is 1.59. The molecular formula is C39H55NO5. The summed E-state index contributed by atoms with van der Waals surface area (Å²) in [6.07, 6.45) is 5.38. The lowest BCUT2D eigenvalue weighted by molar-refractivity contribution is 0.0519. The summed E-state index contributed by atoms with van der Waals surface area (Å²) >= 11 is 0. The van der Waals surface area contributed by atoms with Crippen LogP contribution in [0.25, 0.3) is 0 Å². The second kappa shape index (κ2) is 15.2. The van der Waals surface area contributed by atoms with Crippen molar-refractivity contribution < 1.29 is 24.4 Å². The van der Waals surface area contributed by atoms with E-state index in [2.05, 4.69) is 79.7 Å². The van der Waals surface area contributed by atoms with Gasteiger partial charge in [-0.25, -0.2) is 0 Å². The van der Waals surface area contributed by atoms with Crippen LogP contribution in [0.5, 0.6) is 23.0 Å². The molecule has 0 saturated carbocycles. The number of aliphatic hydroxyl groups is 1. The molecule has 0 unspecified atom stereocenters. The predicted octanol–water partition coefficient (Wildman–Crippen LogP) is 9.10. The molecule has 0 aliphatic heterocycles. The van der Waals surface area contributed by atoms with Crippen LogP contribution in [0.1, 0.15) is 116 Å². The molecule has 3 aromatic carbocycles. The lowest BCUT2D eigenvalue weighted by Crippen LogP contribution is -2.39. The zero-order valence-electron chi connectivity index (χ0n) is 29.2. The van der Waals surface area contributed by atoms with Crippen molar-refractivity contribution in [2.24, 2.45) is 4.99 Å². The molecule has 0 aliphatic carbocycles. The molecule has 0 radical (unpaired) electrons. The van der Waals surface area contributed by atoms with Crippen molar-refractivity contribution in [1.29, 1.82) is 0 Å². The first kappa shape index (κ1) is 36.0. The smallest absolute Gasteiger partial charge is 0.166 e. The molecule has 2 N–H and O–H groups in total. The number of hydrogen-bond donors (Lipinski definition) is 2. The van der Waals surface area contributed by atoms with Crippen molar-refractivity contribution in [3.8, 4) is 23.0 Å². The zero-order valence-corrected chi connectivity index (χ0v) is 29.2. The summed E-state index contributed by atoms with van der Waals surface area (Å²) in [6, 6.07) is 16.8. The van der Waals surface area contributed by atoms with E-state index in [0.717, 1.165) is 36.8 Å². The first-order chi connectivity index (χ1) is 21.2. The van der Waals surface area contributed by atoms with E-state index in [4.69, 9.17) is 19.2 Å². The van der Waals surface area contributed by atoms with E-state index in [1.165, 1.54) is 7.11 Å². The minimum absolute atomic E-state index is 0.00359. The fraction of sp³-hybridized carbons (Fsp3) is 0.513. The lowest BCUT2D eigenvalue weighted by atomic mass is 9.75. The van der Waals surface area contributed by atoms with Crippen LogP contribution in [-0.2, 0) is 16.4 Å². The van der Waals surface area contributed by atoms with Crippen molar-refractivity contribution in [2.45, 2.75) is 110 Å². The van der Waals surface area contributed by atoms with Gasteiger partial charge < -0.3 is 24.4 Å². The van der Waals surface area contributed by atoms with E-state index >= 15 is 0 Å². The van der Waals surface area contributed by atoms with Gasteiger partial charge in [-0.15, -0.1) is 0 Å². The maximum Gasteiger partial charge on any atom is 0.166 e. The van der Waals surface area contributed by atoms with E-state index in [1.54, 1.807) is 24.4 Å². The third kappa shape index (κ3) is 8.61. The number of rotatable bonds is 14. The fourth-order valence-electron chi connectivity index (χ4n) is 5.20. The number of phenolic OH excluding ortho intramolecular Hbond substituents is 1. The summed E-state index contributed by atoms with van der Waals surface area (Å²) in [5.41, 5.74) is 1.90. The minimum atomic E-state index is -1.66. The molecule has 3 rings (SSSR count). The van der Waals surface area contributed by atoms with E-state index in [9.17, 15) is 10.2 Å². The number of ether oxygens (including phenoxy) is 3. The number of nitrogens with zero attached hydrogens (tertiary/aromatic N) is 1. The Morgan fingerprint density at radius 3 is 1.67 bits per heavy atom. The summed E-state index contributed by atoms with van der Waals surface area (Å²) in [7, 11) is 1.52. The van der Waals surface area contributed by atoms with Crippen LogP contribution in [0.15, 0.2) is 59.6 Å². The summed E-state index contributed by atoms with van der Waals surface area (Å²) < 4.78 is 18.1. The van der Waals surface area contributed by atoms with Gasteiger partial charge in [0.2, 0.25) is 0 Å². The second-order valence-corrected chi connectivity index (χ2v) is 13.9. The van der Waals surface area contributed by atoms with Crippen LogP contribution in [0, 0.1) is 0 Å². The lowest BCUT2D eigenvalue weighted by Gasteiger charge is -2.37. The topological polar surface area (TPSA) is 80.5 Å². The summed E-state index contributed by atoms with van der Waals surface area (Å²) in [4.78, 5) is 4.91. The Labute approximate surface area is 271 Å². The minimum Gasteiger partial charge on any atom is -0.504 e.